The van der Waals surface area contributed by atoms with Crippen LogP contribution in [0.1, 0.15) is 22.3 Å². The molecule has 8 aromatic carbocycles. The van der Waals surface area contributed by atoms with Crippen LogP contribution in [0.2, 0.25) is 0 Å². The van der Waals surface area contributed by atoms with Gasteiger partial charge in [0.25, 0.3) is 0 Å². The van der Waals surface area contributed by atoms with Gasteiger partial charge in [-0.05, 0) is 280 Å². The molecule has 2 aliphatic rings. The van der Waals surface area contributed by atoms with E-state index in [2.05, 4.69) is 110 Å². The molecule has 9 N–H and O–H groups in total. The van der Waals surface area contributed by atoms with Gasteiger partial charge in [0.1, 0.15) is 23.3 Å². The summed E-state index contributed by atoms with van der Waals surface area (Å²) in [6, 6.07) is 70.5. The Morgan fingerprint density at radius 3 is 1.00 bits per heavy atom. The highest BCUT2D eigenvalue weighted by molar-refractivity contribution is 7.89. The first kappa shape index (κ1) is 87.8. The van der Waals surface area contributed by atoms with Crippen LogP contribution in [0.3, 0.4) is 0 Å². The summed E-state index contributed by atoms with van der Waals surface area (Å²) < 4.78 is 106. The Hall–Kier alpha value is -15.1. The van der Waals surface area contributed by atoms with Gasteiger partial charge in [0.05, 0.1) is 68.6 Å². The maximum Gasteiger partial charge on any atom is 0.238 e. The van der Waals surface area contributed by atoms with Gasteiger partial charge in [0, 0.05) is 167 Å². The number of rotatable bonds is 20. The van der Waals surface area contributed by atoms with Gasteiger partial charge < -0.3 is 41.1 Å². The number of nitrogens with one attached hydrogen (secondary N) is 5. The summed E-state index contributed by atoms with van der Waals surface area (Å²) in [4.78, 5) is 58.5. The van der Waals surface area contributed by atoms with Crippen molar-refractivity contribution in [1.82, 2.24) is 65.1 Å². The lowest BCUT2D eigenvalue weighted by Gasteiger charge is -2.29. The van der Waals surface area contributed by atoms with Crippen LogP contribution in [-0.2, 0) is 24.8 Å². The van der Waals surface area contributed by atoms with Crippen molar-refractivity contribution in [2.24, 2.45) is 10.3 Å². The number of ether oxygens (including phenoxy) is 1. The largest absolute Gasteiger partial charge is 0.378 e. The number of morpholine rings is 1. The van der Waals surface area contributed by atoms with E-state index in [1.807, 2.05) is 78.9 Å². The predicted octanol–water partition coefficient (Wildman–Crippen LogP) is 18.1. The molecule has 8 aromatic heterocycles. The molecule has 0 unspecified atom stereocenters. The quantitative estimate of drug-likeness (QED) is 0.0349. The number of piperazine rings is 1. The van der Waals surface area contributed by atoms with Crippen molar-refractivity contribution in [3.63, 3.8) is 0 Å². The van der Waals surface area contributed by atoms with Crippen LogP contribution in [0.4, 0.5) is 75.5 Å². The van der Waals surface area contributed by atoms with Crippen LogP contribution < -0.4 is 46.7 Å². The van der Waals surface area contributed by atoms with Gasteiger partial charge in [-0.25, -0.2) is 84.5 Å². The topological polar surface area (TPSA) is 351 Å². The molecule has 0 amide bonds. The fourth-order valence-corrected chi connectivity index (χ4v) is 15.2. The molecule has 2 saturated heterocycles. The molecule has 26 nitrogen and oxygen atoms in total. The van der Waals surface area contributed by atoms with Crippen molar-refractivity contribution in [3.05, 3.63) is 338 Å². The third-order valence-corrected chi connectivity index (χ3v) is 22.5. The molecular formula is C96H85F4N21O5S2. The van der Waals surface area contributed by atoms with E-state index in [0.717, 1.165) is 137 Å². The number of benzene rings is 8. The Morgan fingerprint density at radius 1 is 0.320 bits per heavy atom. The van der Waals surface area contributed by atoms with Gasteiger partial charge in [-0.1, -0.05) is 12.1 Å². The highest BCUT2D eigenvalue weighted by Gasteiger charge is 2.21. The molecule has 18 rings (SSSR count). The van der Waals surface area contributed by atoms with Crippen molar-refractivity contribution in [2.45, 2.75) is 37.5 Å². The Morgan fingerprint density at radius 2 is 0.648 bits per heavy atom. The molecule has 32 heteroatoms. The monoisotopic (exact) mass is 1750 g/mol. The number of aromatic nitrogens is 12. The average Bonchev–Trinajstić information content (AvgIpc) is 0.783. The van der Waals surface area contributed by atoms with E-state index < -0.39 is 20.0 Å². The predicted molar refractivity (Wildman–Crippen MR) is 491 cm³/mol. The lowest BCUT2D eigenvalue weighted by molar-refractivity contribution is 0.122. The van der Waals surface area contributed by atoms with Crippen LogP contribution in [0.15, 0.2) is 302 Å². The number of anilines is 10. The summed E-state index contributed by atoms with van der Waals surface area (Å²) in [7, 11) is -7.59. The van der Waals surface area contributed by atoms with Crippen molar-refractivity contribution in [2.75, 3.05) is 83.5 Å². The molecule has 128 heavy (non-hydrogen) atoms. The van der Waals surface area contributed by atoms with E-state index >= 15 is 0 Å². The Kier molecular flexibility index (Phi) is 27.6. The fraction of sp³-hybridized carbons (Fsp3) is 0.125. The maximum absolute atomic E-state index is 13.8. The molecule has 2 aliphatic heterocycles. The number of nitrogens with zero attached hydrogens (tertiary/aromatic N) is 14. The van der Waals surface area contributed by atoms with Crippen LogP contribution in [-0.4, -0.2) is 129 Å². The molecule has 0 saturated carbocycles. The number of aryl methyl sites for hydroxylation is 4. The summed E-state index contributed by atoms with van der Waals surface area (Å²) in [5, 5.41) is 26.3. The number of hydrogen-bond donors (Lipinski definition) is 7. The van der Waals surface area contributed by atoms with E-state index in [0.29, 0.717) is 74.2 Å². The lowest BCUT2D eigenvalue weighted by Crippen LogP contribution is -2.43. The summed E-state index contributed by atoms with van der Waals surface area (Å²) in [6.45, 7) is 14.2. The van der Waals surface area contributed by atoms with Crippen LogP contribution in [0.25, 0.3) is 90.1 Å². The molecule has 10 heterocycles. The number of primary sulfonamides is 2. The second-order valence-corrected chi connectivity index (χ2v) is 32.7. The van der Waals surface area contributed by atoms with Crippen molar-refractivity contribution >= 4 is 78.0 Å². The normalized spacial score (nSPS) is 12.5. The number of nitrogens with two attached hydrogens (primary N) is 2. The minimum absolute atomic E-state index is 0.0160. The van der Waals surface area contributed by atoms with E-state index in [-0.39, 0.29) is 39.0 Å². The molecule has 0 spiro atoms. The second-order valence-electron chi connectivity index (χ2n) is 29.6. The second kappa shape index (κ2) is 40.3. The number of sulfonamides is 2. The van der Waals surface area contributed by atoms with E-state index in [9.17, 15) is 34.4 Å². The van der Waals surface area contributed by atoms with Crippen molar-refractivity contribution in [1.29, 1.82) is 0 Å². The van der Waals surface area contributed by atoms with E-state index in [1.54, 1.807) is 168 Å². The SMILES string of the molecule is Cc1cc(-c2ncccc2-c2ccnc(Nc3ccc(N4CCNCC4)cc3)n2)ccc1F.Cc1cc(-c2ncccc2-c2ccnc(Nc3ccc(S(N)(=O)=O)cc3)n2)ccc1F.Cc1cc(-c2ncccc2-c2ccnc(Nc3cccc(N4CCOCC4)c3)n2)ccc1F.Cc1cc(-c2ncccc2-c2ccnc(Nc3cccc(S(N)(=O)=O)c3)n2)ccc1F. The average molecular weight is 1750 g/mol. The van der Waals surface area contributed by atoms with E-state index in [1.165, 1.54) is 54.2 Å². The standard InChI is InChI=1S/C26H25FN6.C26H24FN5O.2C22H18FN5O2S/c1-18-17-19(4-9-23(18)27)25-22(3-2-11-29-25)24-10-12-30-26(32-24)31-20-5-7-21(8-6-20)33-15-13-28-14-16-33;1-18-16-19(7-8-23(18)27)25-22(6-3-10-28-25)24-9-11-29-26(31-24)30-20-4-2-5-21(17-20)32-12-14-33-15-13-32;1-14-12-15(7-8-19(14)23)21-18(6-3-10-25-21)20-9-11-26-22(28-20)27-16-4-2-5-17(13-16)31(24,29)30;1-14-13-15(4-9-19(14)23)21-18(3-2-11-25-21)20-10-12-26-22(28-20)27-16-5-7-17(8-6-16)31(24,29)30/h2-12,17,28H,13-16H2,1H3,(H,30,31,32);2-11,16-17H,12-15H2,1H3,(H,29,30,31);2*2-13H,1H3,(H2,24,29,30)(H,26,27,28). The summed E-state index contributed by atoms with van der Waals surface area (Å²) in [5.41, 5.74) is 19.5. The van der Waals surface area contributed by atoms with Crippen LogP contribution in [0.5, 0.6) is 0 Å². The van der Waals surface area contributed by atoms with E-state index in [4.69, 9.17) is 25.0 Å². The maximum atomic E-state index is 13.8. The highest BCUT2D eigenvalue weighted by atomic mass is 32.2. The minimum atomic E-state index is -3.83. The van der Waals surface area contributed by atoms with Gasteiger partial charge in [-0.3, -0.25) is 19.9 Å². The third kappa shape index (κ3) is 22.4. The summed E-state index contributed by atoms with van der Waals surface area (Å²) in [5.74, 6) is 0.584. The zero-order valence-corrected chi connectivity index (χ0v) is 71.3. The number of halogens is 4. The lowest BCUT2D eigenvalue weighted by atomic mass is 10.0. The molecule has 0 atom stereocenters. The fourth-order valence-electron chi connectivity index (χ4n) is 14.1. The van der Waals surface area contributed by atoms with Gasteiger partial charge in [0.15, 0.2) is 0 Å². The van der Waals surface area contributed by atoms with Crippen molar-refractivity contribution < 1.29 is 39.1 Å². The Labute approximate surface area is 737 Å². The summed E-state index contributed by atoms with van der Waals surface area (Å²) >= 11 is 0. The first-order chi connectivity index (χ1) is 62.0. The Balaban J connectivity index is 0.000000131. The zero-order valence-electron chi connectivity index (χ0n) is 69.7. The summed E-state index contributed by atoms with van der Waals surface area (Å²) in [6.07, 6.45) is 13.4. The molecule has 0 bridgehead atoms. The van der Waals surface area contributed by atoms with Gasteiger partial charge in [-0.2, -0.15) is 0 Å². The molecule has 2 fully saturated rings. The molecule has 0 radical (unpaired) electrons. The minimum Gasteiger partial charge on any atom is -0.378 e. The van der Waals surface area contributed by atoms with Crippen molar-refractivity contribution in [3.8, 4) is 90.1 Å². The third-order valence-electron chi connectivity index (χ3n) is 20.6. The first-order valence-corrected chi connectivity index (χ1v) is 43.6. The highest BCUT2D eigenvalue weighted by Crippen LogP contribution is 2.37. The zero-order chi connectivity index (χ0) is 89.3. The molecular weight excluding hydrogens is 1670 g/mol. The number of pyridine rings is 4. The van der Waals surface area contributed by atoms with Gasteiger partial charge in [0.2, 0.25) is 43.8 Å². The van der Waals surface area contributed by atoms with Gasteiger partial charge in [-0.15, -0.1) is 0 Å². The van der Waals surface area contributed by atoms with Crippen LogP contribution in [0, 0.1) is 51.0 Å². The first-order valence-electron chi connectivity index (χ1n) is 40.5. The smallest absolute Gasteiger partial charge is 0.238 e. The molecule has 644 valence electrons. The Bertz CT molecular complexity index is 6900. The molecule has 16 aromatic rings. The molecule has 0 aliphatic carbocycles. The number of hydrogen-bond acceptors (Lipinski definition) is 24. The van der Waals surface area contributed by atoms with Gasteiger partial charge >= 0.3 is 0 Å². The van der Waals surface area contributed by atoms with Crippen LogP contribution >= 0.6 is 0 Å².